The van der Waals surface area contributed by atoms with Gasteiger partial charge in [-0.2, -0.15) is 20.7 Å². The summed E-state index contributed by atoms with van der Waals surface area (Å²) in [5, 5.41) is 36.2. The van der Waals surface area contributed by atoms with Crippen LogP contribution < -0.4 is 10.6 Å². The number of fused-ring (bicyclic) bond motifs is 4. The number of nitrogens with zero attached hydrogens (tertiary/aromatic N) is 14. The SMILES string of the molecule is CC(CN1CCC(C#N)C1)NC(=O)c1cn(COCC[Si](C)(C)C)c2ncc(-c3nn(C)c4cc(Cl)ccc34)nc12.CC1CN1C(=O)c1cn(COCC[Si](C)(C)C)c2ncc(-c3nn(C)c4cc(Cl)ccc34)nc12.Cl.N#CC1CCNC1. The number of aromatic nitrogens is 10. The number of nitrogens with one attached hydrogen (secondary N) is 2. The van der Waals surface area contributed by atoms with Gasteiger partial charge in [-0.05, 0) is 88.3 Å². The summed E-state index contributed by atoms with van der Waals surface area (Å²) >= 11 is 12.4. The van der Waals surface area contributed by atoms with E-state index in [0.29, 0.717) is 98.7 Å². The minimum Gasteiger partial charge on any atom is -0.361 e. The first-order valence-electron chi connectivity index (χ1n) is 28.0. The maximum Gasteiger partial charge on any atom is 0.258 e. The van der Waals surface area contributed by atoms with Gasteiger partial charge in [-0.25, -0.2) is 19.9 Å². The largest absolute Gasteiger partial charge is 0.361 e. The van der Waals surface area contributed by atoms with E-state index < -0.39 is 16.1 Å². The standard InChI is InChI=1S/C29H37ClN8O2Si.C24H29ClN6O2Si.C5H8N2.ClH/c1-19(15-37-9-8-20(13-31)16-37)33-29(39)23-17-38(18-40-10-11-41(3,4)5)28-27(23)34-24(14-32-28)26-22-7-6-21(30)12-25(22)36(2)35-26;1-15-12-31(15)24(32)18-13-30(14-33-8-9-34(3,4)5)23-22(18)27-19(11-26-23)21-17-7-6-16(25)10-20(17)29(2)28-21;6-3-5-1-2-7-4-5;/h6-7,12,14,17,19-20H,8-11,15-16,18H2,1-5H3,(H,33,39);6-7,10-11,13,15H,8-9,12,14H2,1-5H3;5,7H,1-2,4H2;1H. The van der Waals surface area contributed by atoms with Crippen LogP contribution in [0.4, 0.5) is 0 Å². The average Bonchev–Trinajstić information content (AvgIpc) is 2.45. The smallest absolute Gasteiger partial charge is 0.258 e. The molecule has 6 aromatic heterocycles. The number of benzene rings is 2. The van der Waals surface area contributed by atoms with Crippen molar-refractivity contribution in [2.24, 2.45) is 25.9 Å². The van der Waals surface area contributed by atoms with Crippen molar-refractivity contribution in [1.29, 1.82) is 10.5 Å². The lowest BCUT2D eigenvalue weighted by Crippen LogP contribution is -2.41. The maximum atomic E-state index is 13.6. The molecule has 0 radical (unpaired) electrons. The fourth-order valence-electron chi connectivity index (χ4n) is 10.1. The number of hydrogen-bond acceptors (Lipinski definition) is 14. The number of ether oxygens (including phenoxy) is 2. The number of likely N-dealkylation sites (tertiary alicyclic amines) is 1. The van der Waals surface area contributed by atoms with Crippen molar-refractivity contribution >= 4 is 108 Å². The van der Waals surface area contributed by atoms with Crippen LogP contribution >= 0.6 is 35.6 Å². The van der Waals surface area contributed by atoms with E-state index in [1.54, 1.807) is 28.0 Å². The summed E-state index contributed by atoms with van der Waals surface area (Å²) in [5.74, 6) is 0.107. The van der Waals surface area contributed by atoms with Crippen molar-refractivity contribution in [2.45, 2.75) is 104 Å². The summed E-state index contributed by atoms with van der Waals surface area (Å²) in [4.78, 5) is 50.1. The lowest BCUT2D eigenvalue weighted by molar-refractivity contribution is 0.0862. The van der Waals surface area contributed by atoms with Gasteiger partial charge in [0.1, 0.15) is 47.3 Å². The van der Waals surface area contributed by atoms with Gasteiger partial charge >= 0.3 is 0 Å². The molecule has 0 saturated carbocycles. The lowest BCUT2D eigenvalue weighted by atomic mass is 10.1. The summed E-state index contributed by atoms with van der Waals surface area (Å²) in [6, 6.07) is 18.1. The van der Waals surface area contributed by atoms with Crippen molar-refractivity contribution in [3.05, 3.63) is 82.4 Å². The number of carbonyl (C=O) groups excluding carboxylic acids is 2. The second-order valence-electron chi connectivity index (χ2n) is 24.2. The zero-order chi connectivity index (χ0) is 58.6. The lowest BCUT2D eigenvalue weighted by Gasteiger charge is -2.21. The molecule has 3 aliphatic rings. The number of nitriles is 2. The quantitative estimate of drug-likeness (QED) is 0.0491. The molecular formula is C58H75Cl3N16O4Si2. The molecule has 2 aromatic carbocycles. The van der Waals surface area contributed by atoms with E-state index in [1.165, 1.54) is 0 Å². The molecule has 3 aliphatic heterocycles. The second kappa shape index (κ2) is 26.7. The highest BCUT2D eigenvalue weighted by atomic mass is 35.5. The van der Waals surface area contributed by atoms with E-state index in [0.717, 1.165) is 79.5 Å². The second-order valence-corrected chi connectivity index (χ2v) is 36.3. The van der Waals surface area contributed by atoms with E-state index in [1.807, 2.05) is 84.6 Å². The highest BCUT2D eigenvalue weighted by Crippen LogP contribution is 2.33. The Balaban J connectivity index is 0.000000194. The predicted octanol–water partition coefficient (Wildman–Crippen LogP) is 10.3. The molecule has 11 rings (SSSR count). The van der Waals surface area contributed by atoms with Crippen molar-refractivity contribution in [1.82, 2.24) is 69.1 Å². The summed E-state index contributed by atoms with van der Waals surface area (Å²) in [6.45, 7) is 24.9. The number of carbonyl (C=O) groups is 2. The van der Waals surface area contributed by atoms with Crippen LogP contribution in [0.25, 0.3) is 66.9 Å². The average molecular weight is 1220 g/mol. The van der Waals surface area contributed by atoms with Crippen molar-refractivity contribution < 1.29 is 19.1 Å². The third-order valence-corrected chi connectivity index (χ3v) is 18.8. The molecular weight excluding hydrogens is 1150 g/mol. The first-order valence-corrected chi connectivity index (χ1v) is 36.2. The van der Waals surface area contributed by atoms with Crippen LogP contribution in [-0.4, -0.2) is 151 Å². The molecule has 3 fully saturated rings. The summed E-state index contributed by atoms with van der Waals surface area (Å²) < 4.78 is 19.3. The van der Waals surface area contributed by atoms with E-state index >= 15 is 0 Å². The summed E-state index contributed by atoms with van der Waals surface area (Å²) in [6.07, 6.45) is 8.92. The Morgan fingerprint density at radius 1 is 0.771 bits per heavy atom. The normalized spacial score (nSPS) is 17.4. The van der Waals surface area contributed by atoms with Gasteiger partial charge in [0, 0.05) is 115 Å². The van der Waals surface area contributed by atoms with E-state index in [-0.39, 0.29) is 49.0 Å². The van der Waals surface area contributed by atoms with Gasteiger partial charge in [0.25, 0.3) is 11.8 Å². The molecule has 20 nitrogen and oxygen atoms in total. The number of amides is 2. The molecule has 4 unspecified atom stereocenters. The minimum absolute atomic E-state index is 0. The van der Waals surface area contributed by atoms with Crippen LogP contribution in [0.5, 0.6) is 0 Å². The maximum absolute atomic E-state index is 13.6. The molecule has 2 amide bonds. The molecule has 4 atom stereocenters. The number of aryl methyl sites for hydroxylation is 2. The third-order valence-electron chi connectivity index (χ3n) is 14.9. The van der Waals surface area contributed by atoms with Gasteiger partial charge in [-0.15, -0.1) is 12.4 Å². The molecule has 8 aromatic rings. The molecule has 0 bridgehead atoms. The van der Waals surface area contributed by atoms with E-state index in [2.05, 4.69) is 72.1 Å². The highest BCUT2D eigenvalue weighted by Gasteiger charge is 2.37. The molecule has 9 heterocycles. The van der Waals surface area contributed by atoms with Crippen LogP contribution in [0.1, 0.15) is 47.4 Å². The van der Waals surface area contributed by atoms with E-state index in [4.69, 9.17) is 63.0 Å². The van der Waals surface area contributed by atoms with Crippen LogP contribution in [0.15, 0.2) is 61.2 Å². The fourth-order valence-corrected chi connectivity index (χ4v) is 11.9. The number of halogens is 3. The zero-order valence-corrected chi connectivity index (χ0v) is 53.4. The minimum atomic E-state index is -1.24. The van der Waals surface area contributed by atoms with Gasteiger partial charge < -0.3 is 34.1 Å². The molecule has 25 heteroatoms. The zero-order valence-electron chi connectivity index (χ0n) is 49.0. The Hall–Kier alpha value is -6.32. The Kier molecular flexibility index (Phi) is 20.2. The Bertz CT molecular complexity index is 3720. The molecule has 440 valence electrons. The third kappa shape index (κ3) is 15.3. The van der Waals surface area contributed by atoms with Crippen molar-refractivity contribution in [3.63, 3.8) is 0 Å². The topological polar surface area (TPSA) is 228 Å². The van der Waals surface area contributed by atoms with Crippen molar-refractivity contribution in [2.75, 3.05) is 52.5 Å². The molecule has 0 aliphatic carbocycles. The predicted molar refractivity (Wildman–Crippen MR) is 334 cm³/mol. The molecule has 3 saturated heterocycles. The molecule has 0 spiro atoms. The highest BCUT2D eigenvalue weighted by molar-refractivity contribution is 6.76. The first-order chi connectivity index (χ1) is 39.1. The van der Waals surface area contributed by atoms with Crippen LogP contribution in [0, 0.1) is 34.5 Å². The Labute approximate surface area is 502 Å². The van der Waals surface area contributed by atoms with Gasteiger partial charge in [0.05, 0.1) is 58.5 Å². The molecule has 83 heavy (non-hydrogen) atoms. The van der Waals surface area contributed by atoms with Gasteiger partial charge in [0.15, 0.2) is 11.3 Å². The first kappa shape index (κ1) is 62.7. The van der Waals surface area contributed by atoms with E-state index in [9.17, 15) is 14.9 Å². The fraction of sp³-hybridized carbons (Fsp3) is 0.483. The number of hydrogen-bond donors (Lipinski definition) is 2. The van der Waals surface area contributed by atoms with Gasteiger partial charge in [-0.3, -0.25) is 23.9 Å². The van der Waals surface area contributed by atoms with Crippen LogP contribution in [0.2, 0.25) is 61.4 Å². The monoisotopic (exact) mass is 1220 g/mol. The van der Waals surface area contributed by atoms with Crippen LogP contribution in [0.3, 0.4) is 0 Å². The summed E-state index contributed by atoms with van der Waals surface area (Å²) in [5.41, 5.74) is 7.65. The molecule has 2 N–H and O–H groups in total. The number of rotatable bonds is 17. The Morgan fingerprint density at radius 2 is 1.28 bits per heavy atom. The van der Waals surface area contributed by atoms with Gasteiger partial charge in [0.2, 0.25) is 0 Å². The van der Waals surface area contributed by atoms with Gasteiger partial charge in [-0.1, -0.05) is 62.5 Å². The summed E-state index contributed by atoms with van der Waals surface area (Å²) in [7, 11) is 1.31. The van der Waals surface area contributed by atoms with Crippen LogP contribution in [-0.2, 0) is 37.0 Å². The Morgan fingerprint density at radius 3 is 1.72 bits per heavy atom. The van der Waals surface area contributed by atoms with Crippen molar-refractivity contribution in [3.8, 4) is 34.9 Å².